The third-order valence-corrected chi connectivity index (χ3v) is 6.23. The zero-order valence-electron chi connectivity index (χ0n) is 16.5. The van der Waals surface area contributed by atoms with E-state index in [0.717, 1.165) is 69.1 Å². The van der Waals surface area contributed by atoms with Crippen LogP contribution < -0.4 is 4.90 Å². The standard InChI is InChI=1S/C23H27N5/c1-2-17-9-10-20-19(16-17)6-5-8-22-25-26-23(28(20)22)18-11-14-27(15-12-18)21-7-3-4-13-24-21/h3-4,7,9-10,13,16,18H,2,5-6,8,11-12,14-15H2,1H3. The highest BCUT2D eigenvalue weighted by molar-refractivity contribution is 5.47. The predicted molar refractivity (Wildman–Crippen MR) is 111 cm³/mol. The van der Waals surface area contributed by atoms with E-state index >= 15 is 0 Å². The van der Waals surface area contributed by atoms with Gasteiger partial charge in [0.2, 0.25) is 0 Å². The zero-order valence-corrected chi connectivity index (χ0v) is 16.5. The van der Waals surface area contributed by atoms with E-state index in [0.29, 0.717) is 5.92 Å². The average Bonchev–Trinajstić information content (AvgIpc) is 3.09. The van der Waals surface area contributed by atoms with Crippen molar-refractivity contribution in [2.45, 2.75) is 51.4 Å². The summed E-state index contributed by atoms with van der Waals surface area (Å²) in [6.07, 6.45) is 8.44. The lowest BCUT2D eigenvalue weighted by Crippen LogP contribution is -2.34. The van der Waals surface area contributed by atoms with Crippen LogP contribution in [0.1, 0.15) is 54.9 Å². The minimum Gasteiger partial charge on any atom is -0.357 e. The third kappa shape index (κ3) is 3.09. The van der Waals surface area contributed by atoms with Gasteiger partial charge in [-0.25, -0.2) is 4.98 Å². The molecular weight excluding hydrogens is 346 g/mol. The first-order valence-electron chi connectivity index (χ1n) is 10.6. The Morgan fingerprint density at radius 3 is 2.71 bits per heavy atom. The van der Waals surface area contributed by atoms with Crippen molar-refractivity contribution >= 4 is 5.82 Å². The van der Waals surface area contributed by atoms with Gasteiger partial charge in [0.25, 0.3) is 0 Å². The maximum absolute atomic E-state index is 4.68. The van der Waals surface area contributed by atoms with Gasteiger partial charge in [-0.2, -0.15) is 0 Å². The first-order valence-corrected chi connectivity index (χ1v) is 10.6. The molecule has 0 saturated carbocycles. The van der Waals surface area contributed by atoms with Crippen molar-refractivity contribution in [3.8, 4) is 5.69 Å². The number of benzene rings is 1. The molecule has 0 bridgehead atoms. The SMILES string of the molecule is CCc1ccc2c(c1)CCCc1nnc(C3CCN(c4ccccn4)CC3)n1-2. The van der Waals surface area contributed by atoms with Crippen molar-refractivity contribution in [3.05, 3.63) is 65.4 Å². The molecule has 0 N–H and O–H groups in total. The largest absolute Gasteiger partial charge is 0.357 e. The number of pyridine rings is 1. The van der Waals surface area contributed by atoms with Crippen LogP contribution in [0.4, 0.5) is 5.82 Å². The maximum atomic E-state index is 4.68. The molecule has 0 aliphatic carbocycles. The molecule has 144 valence electrons. The summed E-state index contributed by atoms with van der Waals surface area (Å²) in [5.41, 5.74) is 4.17. The molecule has 4 heterocycles. The molecule has 0 radical (unpaired) electrons. The quantitative estimate of drug-likeness (QED) is 0.693. The number of aryl methyl sites for hydroxylation is 3. The van der Waals surface area contributed by atoms with E-state index in [1.165, 1.54) is 16.8 Å². The van der Waals surface area contributed by atoms with Crippen LogP contribution in [0.3, 0.4) is 0 Å². The number of anilines is 1. The van der Waals surface area contributed by atoms with E-state index in [4.69, 9.17) is 0 Å². The van der Waals surface area contributed by atoms with Gasteiger partial charge < -0.3 is 4.90 Å². The lowest BCUT2D eigenvalue weighted by molar-refractivity contribution is 0.477. The Kier molecular flexibility index (Phi) is 4.59. The molecule has 5 heteroatoms. The maximum Gasteiger partial charge on any atom is 0.140 e. The van der Waals surface area contributed by atoms with Gasteiger partial charge in [-0.05, 0) is 61.4 Å². The lowest BCUT2D eigenvalue weighted by Gasteiger charge is -2.32. The summed E-state index contributed by atoms with van der Waals surface area (Å²) in [6.45, 7) is 4.26. The molecule has 0 spiro atoms. The minimum absolute atomic E-state index is 0.456. The second kappa shape index (κ2) is 7.38. The fourth-order valence-electron chi connectivity index (χ4n) is 4.64. The van der Waals surface area contributed by atoms with Crippen LogP contribution in [0.25, 0.3) is 5.69 Å². The molecule has 0 unspecified atom stereocenters. The summed E-state index contributed by atoms with van der Waals surface area (Å²) in [5.74, 6) is 3.82. The van der Waals surface area contributed by atoms with Crippen LogP contribution in [0.5, 0.6) is 0 Å². The van der Waals surface area contributed by atoms with Gasteiger partial charge in [-0.3, -0.25) is 4.57 Å². The number of rotatable bonds is 3. The fourth-order valence-corrected chi connectivity index (χ4v) is 4.64. The molecule has 1 saturated heterocycles. The number of hydrogen-bond donors (Lipinski definition) is 0. The summed E-state index contributed by atoms with van der Waals surface area (Å²) in [6, 6.07) is 13.1. The van der Waals surface area contributed by atoms with Gasteiger partial charge in [-0.1, -0.05) is 25.1 Å². The number of aromatic nitrogens is 4. The van der Waals surface area contributed by atoms with Gasteiger partial charge in [0.05, 0.1) is 5.69 Å². The van der Waals surface area contributed by atoms with Gasteiger partial charge >= 0.3 is 0 Å². The lowest BCUT2D eigenvalue weighted by atomic mass is 9.95. The summed E-state index contributed by atoms with van der Waals surface area (Å²) in [7, 11) is 0. The first-order chi connectivity index (χ1) is 13.8. The van der Waals surface area contributed by atoms with Crippen molar-refractivity contribution in [2.75, 3.05) is 18.0 Å². The summed E-state index contributed by atoms with van der Waals surface area (Å²) in [4.78, 5) is 6.90. The van der Waals surface area contributed by atoms with E-state index in [2.05, 4.69) is 61.9 Å². The average molecular weight is 374 g/mol. The third-order valence-electron chi connectivity index (χ3n) is 6.23. The van der Waals surface area contributed by atoms with E-state index < -0.39 is 0 Å². The van der Waals surface area contributed by atoms with E-state index in [1.54, 1.807) is 0 Å². The number of fused-ring (bicyclic) bond motifs is 3. The summed E-state index contributed by atoms with van der Waals surface area (Å²) < 4.78 is 2.38. The Morgan fingerprint density at radius 2 is 1.93 bits per heavy atom. The second-order valence-corrected chi connectivity index (χ2v) is 7.93. The minimum atomic E-state index is 0.456. The van der Waals surface area contributed by atoms with Crippen LogP contribution >= 0.6 is 0 Å². The first kappa shape index (κ1) is 17.4. The monoisotopic (exact) mass is 373 g/mol. The topological polar surface area (TPSA) is 46.8 Å². The van der Waals surface area contributed by atoms with Gasteiger partial charge in [0, 0.05) is 31.6 Å². The fraction of sp³-hybridized carbons (Fsp3) is 0.435. The molecule has 5 rings (SSSR count). The summed E-state index contributed by atoms with van der Waals surface area (Å²) in [5, 5.41) is 9.28. The van der Waals surface area contributed by atoms with Crippen molar-refractivity contribution in [1.29, 1.82) is 0 Å². The summed E-state index contributed by atoms with van der Waals surface area (Å²) >= 11 is 0. The highest BCUT2D eigenvalue weighted by Gasteiger charge is 2.28. The van der Waals surface area contributed by atoms with E-state index in [1.807, 2.05) is 12.3 Å². The molecule has 0 atom stereocenters. The van der Waals surface area contributed by atoms with Crippen molar-refractivity contribution in [2.24, 2.45) is 0 Å². The molecular formula is C23H27N5. The molecule has 28 heavy (non-hydrogen) atoms. The molecule has 2 aromatic heterocycles. The van der Waals surface area contributed by atoms with E-state index in [-0.39, 0.29) is 0 Å². The Morgan fingerprint density at radius 1 is 1.04 bits per heavy atom. The van der Waals surface area contributed by atoms with Crippen LogP contribution in [-0.4, -0.2) is 32.8 Å². The van der Waals surface area contributed by atoms with Gasteiger partial charge in [0.1, 0.15) is 17.5 Å². The molecule has 2 aliphatic rings. The number of piperidine rings is 1. The van der Waals surface area contributed by atoms with E-state index in [9.17, 15) is 0 Å². The Bertz CT molecular complexity index is 954. The number of hydrogen-bond acceptors (Lipinski definition) is 4. The van der Waals surface area contributed by atoms with Crippen molar-refractivity contribution in [3.63, 3.8) is 0 Å². The molecule has 5 nitrogen and oxygen atoms in total. The van der Waals surface area contributed by atoms with Crippen LogP contribution in [-0.2, 0) is 19.3 Å². The molecule has 1 fully saturated rings. The second-order valence-electron chi connectivity index (χ2n) is 7.93. The zero-order chi connectivity index (χ0) is 18.9. The predicted octanol–water partition coefficient (Wildman–Crippen LogP) is 4.10. The number of nitrogens with zero attached hydrogens (tertiary/aromatic N) is 5. The normalized spacial score (nSPS) is 17.1. The highest BCUT2D eigenvalue weighted by Crippen LogP contribution is 2.33. The Balaban J connectivity index is 1.43. The smallest absolute Gasteiger partial charge is 0.140 e. The van der Waals surface area contributed by atoms with Crippen molar-refractivity contribution < 1.29 is 0 Å². The van der Waals surface area contributed by atoms with Crippen LogP contribution in [0, 0.1) is 0 Å². The Hall–Kier alpha value is -2.69. The van der Waals surface area contributed by atoms with Crippen LogP contribution in [0.2, 0.25) is 0 Å². The van der Waals surface area contributed by atoms with Crippen molar-refractivity contribution in [1.82, 2.24) is 19.7 Å². The highest BCUT2D eigenvalue weighted by atomic mass is 15.3. The van der Waals surface area contributed by atoms with Gasteiger partial charge in [0.15, 0.2) is 0 Å². The Labute approximate surface area is 166 Å². The molecule has 3 aromatic rings. The van der Waals surface area contributed by atoms with Gasteiger partial charge in [-0.15, -0.1) is 10.2 Å². The molecule has 0 amide bonds. The molecule has 2 aliphatic heterocycles. The van der Waals surface area contributed by atoms with Crippen LogP contribution in [0.15, 0.2) is 42.6 Å². The molecule has 1 aromatic carbocycles.